The van der Waals surface area contributed by atoms with Gasteiger partial charge < -0.3 is 16.3 Å². The zero-order valence-corrected chi connectivity index (χ0v) is 11.2. The van der Waals surface area contributed by atoms with E-state index in [1.807, 2.05) is 0 Å². The number of hydrogen-bond acceptors (Lipinski definition) is 6. The molecule has 0 aliphatic heterocycles. The molecule has 0 unspecified atom stereocenters. The number of aromatic nitrogens is 3. The zero-order valence-electron chi connectivity index (χ0n) is 11.2. The van der Waals surface area contributed by atoms with Crippen LogP contribution in [0, 0.1) is 0 Å². The first-order valence-corrected chi connectivity index (χ1v) is 6.30. The number of rotatable bonds is 3. The van der Waals surface area contributed by atoms with Gasteiger partial charge in [-0.05, 0) is 30.3 Å². The smallest absolute Gasteiger partial charge is 0.384 e. The quantitative estimate of drug-likeness (QED) is 0.616. The molecule has 110 valence electrons. The molecule has 0 bridgehead atoms. The topological polar surface area (TPSA) is 123 Å². The zero-order chi connectivity index (χ0) is 15.7. The fraction of sp³-hybridized carbons (Fsp3) is 0. The van der Waals surface area contributed by atoms with Crippen LogP contribution in [0.4, 0.5) is 11.5 Å². The number of nitrogens with two attached hydrogens (primary N) is 1. The number of hydrogen-bond donors (Lipinski definition) is 3. The SMILES string of the molecule is NC(=O)c1cccc(Nc2nc(=O)n(O)c3ncccc23)c1. The van der Waals surface area contributed by atoms with Gasteiger partial charge in [0.15, 0.2) is 5.65 Å². The molecule has 2 heterocycles. The highest BCUT2D eigenvalue weighted by Crippen LogP contribution is 2.21. The highest BCUT2D eigenvalue weighted by molar-refractivity contribution is 5.94. The summed E-state index contributed by atoms with van der Waals surface area (Å²) in [5.74, 6) is -0.339. The standard InChI is InChI=1S/C14H11N5O3/c15-11(20)8-3-1-4-9(7-8)17-12-10-5-2-6-16-13(10)19(22)14(21)18-12/h1-7,22H,(H2,15,20)(H,17,18,21). The Kier molecular flexibility index (Phi) is 3.18. The maximum Gasteiger partial charge on any atom is 0.384 e. The predicted octanol–water partition coefficient (Wildman–Crippen LogP) is 0.871. The van der Waals surface area contributed by atoms with E-state index in [1.165, 1.54) is 12.3 Å². The molecule has 0 radical (unpaired) electrons. The highest BCUT2D eigenvalue weighted by atomic mass is 16.5. The Morgan fingerprint density at radius 1 is 1.27 bits per heavy atom. The number of carbonyl (C=O) groups is 1. The van der Waals surface area contributed by atoms with Gasteiger partial charge in [-0.3, -0.25) is 4.79 Å². The summed E-state index contributed by atoms with van der Waals surface area (Å²) < 4.78 is 0.375. The van der Waals surface area contributed by atoms with Gasteiger partial charge >= 0.3 is 5.69 Å². The Labute approximate surface area is 123 Å². The van der Waals surface area contributed by atoms with Crippen molar-refractivity contribution < 1.29 is 10.0 Å². The Morgan fingerprint density at radius 2 is 2.09 bits per heavy atom. The number of pyridine rings is 1. The van der Waals surface area contributed by atoms with E-state index in [-0.39, 0.29) is 11.5 Å². The number of primary amides is 1. The number of amides is 1. The number of nitrogens with zero attached hydrogens (tertiary/aromatic N) is 3. The van der Waals surface area contributed by atoms with E-state index in [9.17, 15) is 14.8 Å². The van der Waals surface area contributed by atoms with Gasteiger partial charge in [0.2, 0.25) is 5.91 Å². The molecule has 3 aromatic rings. The van der Waals surface area contributed by atoms with Crippen LogP contribution in [0.1, 0.15) is 10.4 Å². The first kappa shape index (κ1) is 13.6. The first-order valence-electron chi connectivity index (χ1n) is 6.30. The Morgan fingerprint density at radius 3 is 2.86 bits per heavy atom. The minimum Gasteiger partial charge on any atom is -0.422 e. The molecule has 3 rings (SSSR count). The van der Waals surface area contributed by atoms with Crippen LogP contribution in [-0.2, 0) is 0 Å². The fourth-order valence-corrected chi connectivity index (χ4v) is 2.03. The molecule has 4 N–H and O–H groups in total. The third kappa shape index (κ3) is 2.33. The molecular weight excluding hydrogens is 286 g/mol. The molecule has 0 fully saturated rings. The van der Waals surface area contributed by atoms with Crippen LogP contribution in [0.3, 0.4) is 0 Å². The van der Waals surface area contributed by atoms with Crippen LogP contribution < -0.4 is 16.7 Å². The van der Waals surface area contributed by atoms with E-state index in [0.29, 0.717) is 21.4 Å². The summed E-state index contributed by atoms with van der Waals surface area (Å²) in [5, 5.41) is 13.0. The van der Waals surface area contributed by atoms with Gasteiger partial charge in [0.05, 0.1) is 5.39 Å². The lowest BCUT2D eigenvalue weighted by Gasteiger charge is -2.10. The fourth-order valence-electron chi connectivity index (χ4n) is 2.03. The molecule has 0 spiro atoms. The third-order valence-corrected chi connectivity index (χ3v) is 3.04. The van der Waals surface area contributed by atoms with Crippen molar-refractivity contribution in [2.75, 3.05) is 5.32 Å². The molecule has 0 aliphatic carbocycles. The molecular formula is C14H11N5O3. The van der Waals surface area contributed by atoms with Crippen molar-refractivity contribution in [1.29, 1.82) is 0 Å². The average molecular weight is 297 g/mol. The van der Waals surface area contributed by atoms with Gasteiger partial charge in [0, 0.05) is 17.4 Å². The Hall–Kier alpha value is -3.42. The monoisotopic (exact) mass is 297 g/mol. The largest absolute Gasteiger partial charge is 0.422 e. The summed E-state index contributed by atoms with van der Waals surface area (Å²) in [6.45, 7) is 0. The number of fused-ring (bicyclic) bond motifs is 1. The molecule has 0 saturated heterocycles. The van der Waals surface area contributed by atoms with Gasteiger partial charge in [-0.25, -0.2) is 9.78 Å². The lowest BCUT2D eigenvalue weighted by Crippen LogP contribution is -2.23. The maximum atomic E-state index is 11.7. The second-order valence-corrected chi connectivity index (χ2v) is 4.50. The molecule has 8 heteroatoms. The number of nitrogens with one attached hydrogen (secondary N) is 1. The van der Waals surface area contributed by atoms with Gasteiger partial charge in [-0.15, -0.1) is 4.73 Å². The molecule has 0 saturated carbocycles. The number of benzene rings is 1. The maximum absolute atomic E-state index is 11.7. The van der Waals surface area contributed by atoms with Crippen LogP contribution in [0.15, 0.2) is 47.4 Å². The summed E-state index contributed by atoms with van der Waals surface area (Å²) in [6, 6.07) is 9.77. The van der Waals surface area contributed by atoms with Gasteiger partial charge in [-0.1, -0.05) is 6.07 Å². The molecule has 2 aromatic heterocycles. The third-order valence-electron chi connectivity index (χ3n) is 3.04. The lowest BCUT2D eigenvalue weighted by atomic mass is 10.2. The van der Waals surface area contributed by atoms with Crippen molar-refractivity contribution in [3.05, 3.63) is 58.6 Å². The van der Waals surface area contributed by atoms with Gasteiger partial charge in [-0.2, -0.15) is 4.98 Å². The second kappa shape index (κ2) is 5.17. The number of carbonyl (C=O) groups excluding carboxylic acids is 1. The van der Waals surface area contributed by atoms with Crippen molar-refractivity contribution in [3.63, 3.8) is 0 Å². The first-order chi connectivity index (χ1) is 10.6. The van der Waals surface area contributed by atoms with Crippen LogP contribution in [-0.4, -0.2) is 25.8 Å². The highest BCUT2D eigenvalue weighted by Gasteiger charge is 2.11. The van der Waals surface area contributed by atoms with Crippen LogP contribution in [0.5, 0.6) is 0 Å². The Bertz CT molecular complexity index is 935. The van der Waals surface area contributed by atoms with Crippen LogP contribution >= 0.6 is 0 Å². The van der Waals surface area contributed by atoms with Crippen molar-refractivity contribution >= 4 is 28.4 Å². The minimum absolute atomic E-state index is 0.0797. The van der Waals surface area contributed by atoms with E-state index in [4.69, 9.17) is 5.73 Å². The Balaban J connectivity index is 2.12. The second-order valence-electron chi connectivity index (χ2n) is 4.50. The van der Waals surface area contributed by atoms with Gasteiger partial charge in [0.25, 0.3) is 0 Å². The van der Waals surface area contributed by atoms with Crippen molar-refractivity contribution in [2.45, 2.75) is 0 Å². The van der Waals surface area contributed by atoms with Crippen molar-refractivity contribution in [2.24, 2.45) is 5.73 Å². The van der Waals surface area contributed by atoms with E-state index in [0.717, 1.165) is 0 Å². The van der Waals surface area contributed by atoms with E-state index < -0.39 is 11.6 Å². The average Bonchev–Trinajstić information content (AvgIpc) is 2.52. The molecule has 0 atom stereocenters. The summed E-state index contributed by atoms with van der Waals surface area (Å²) in [5.41, 5.74) is 5.30. The van der Waals surface area contributed by atoms with E-state index in [2.05, 4.69) is 15.3 Å². The molecule has 1 amide bonds. The van der Waals surface area contributed by atoms with E-state index in [1.54, 1.807) is 30.3 Å². The van der Waals surface area contributed by atoms with Crippen LogP contribution in [0.25, 0.3) is 11.0 Å². The molecule has 0 aliphatic rings. The molecule has 1 aromatic carbocycles. The molecule has 22 heavy (non-hydrogen) atoms. The van der Waals surface area contributed by atoms with Crippen molar-refractivity contribution in [3.8, 4) is 0 Å². The number of anilines is 2. The van der Waals surface area contributed by atoms with Gasteiger partial charge in [0.1, 0.15) is 5.82 Å². The van der Waals surface area contributed by atoms with Crippen molar-refractivity contribution in [1.82, 2.24) is 14.7 Å². The normalized spacial score (nSPS) is 10.5. The summed E-state index contributed by atoms with van der Waals surface area (Å²) >= 11 is 0. The summed E-state index contributed by atoms with van der Waals surface area (Å²) in [4.78, 5) is 30.6. The van der Waals surface area contributed by atoms with E-state index >= 15 is 0 Å². The molecule has 8 nitrogen and oxygen atoms in total. The van der Waals surface area contributed by atoms with Crippen LogP contribution in [0.2, 0.25) is 0 Å². The minimum atomic E-state index is -0.861. The predicted molar refractivity (Wildman–Crippen MR) is 79.2 cm³/mol. The lowest BCUT2D eigenvalue weighted by molar-refractivity contribution is 0.100. The summed E-state index contributed by atoms with van der Waals surface area (Å²) in [6.07, 6.45) is 1.45. The summed E-state index contributed by atoms with van der Waals surface area (Å²) in [7, 11) is 0.